The molecule has 0 radical (unpaired) electrons. The smallest absolute Gasteiger partial charge is 0.209 e. The molecule has 154 valence electrons. The maximum Gasteiger partial charge on any atom is 0.209 e. The van der Waals surface area contributed by atoms with E-state index in [1.54, 1.807) is 49.5 Å². The van der Waals surface area contributed by atoms with Gasteiger partial charge in [0.05, 0.1) is 30.1 Å². The van der Waals surface area contributed by atoms with Crippen LogP contribution in [-0.2, 0) is 21.3 Å². The second-order valence-electron chi connectivity index (χ2n) is 6.26. The Morgan fingerprint density at radius 3 is 2.29 bits per heavy atom. The molecule has 1 heterocycles. The van der Waals surface area contributed by atoms with E-state index in [1.807, 2.05) is 0 Å². The molecule has 8 nitrogen and oxygen atoms in total. The average molecular weight is 431 g/mol. The molecule has 1 aromatic carbocycles. The van der Waals surface area contributed by atoms with Crippen LogP contribution in [0, 0.1) is 0 Å². The summed E-state index contributed by atoms with van der Waals surface area (Å²) in [6.45, 7) is 0.613. The van der Waals surface area contributed by atoms with Crippen molar-refractivity contribution >= 4 is 21.3 Å². The van der Waals surface area contributed by atoms with Gasteiger partial charge in [0, 0.05) is 23.0 Å². The molecule has 0 saturated heterocycles. The van der Waals surface area contributed by atoms with Gasteiger partial charge in [0.25, 0.3) is 0 Å². The number of alkyl halides is 1. The zero-order chi connectivity index (χ0) is 20.9. The molecule has 0 spiro atoms. The highest BCUT2D eigenvalue weighted by molar-refractivity contribution is 7.88. The summed E-state index contributed by atoms with van der Waals surface area (Å²) in [4.78, 5) is 4.24. The lowest BCUT2D eigenvalue weighted by Crippen LogP contribution is -2.40. The van der Waals surface area contributed by atoms with E-state index in [9.17, 15) is 26.7 Å². The largest absolute Gasteiger partial charge is 0.760 e. The van der Waals surface area contributed by atoms with Crippen molar-refractivity contribution in [2.45, 2.75) is 25.1 Å². The highest BCUT2D eigenvalue weighted by Gasteiger charge is 2.24. The molecule has 2 rings (SSSR count). The molecular weight excluding hydrogens is 409 g/mol. The normalized spacial score (nSPS) is 16.3. The van der Waals surface area contributed by atoms with Gasteiger partial charge in [-0.15, -0.1) is 0 Å². The number of nitrogens with zero attached hydrogens (tertiary/aromatic N) is 1. The summed E-state index contributed by atoms with van der Waals surface area (Å²) in [6.07, 6.45) is 1.14. The van der Waals surface area contributed by atoms with E-state index < -0.39 is 46.2 Å². The van der Waals surface area contributed by atoms with Crippen molar-refractivity contribution in [3.63, 3.8) is 0 Å². The number of nitrogens with one attached hydrogen (secondary N) is 2. The lowest BCUT2D eigenvalue weighted by Gasteiger charge is -2.21. The van der Waals surface area contributed by atoms with Crippen LogP contribution in [0.5, 0.6) is 0 Å². The molecule has 0 aliphatic rings. The molecule has 2 aromatic rings. The van der Waals surface area contributed by atoms with Crippen LogP contribution in [0.25, 0.3) is 11.1 Å². The number of rotatable bonds is 9. The first-order valence-corrected chi connectivity index (χ1v) is 11.2. The maximum absolute atomic E-state index is 13.1. The SMILES string of the molecule is CC(NS(=O)[O-])c1ccc(-c2ccc([C@H](O)[C@@H](CF)NS(C)(=O)=O)cc2)cn1. The molecule has 0 aliphatic carbocycles. The van der Waals surface area contributed by atoms with Crippen LogP contribution in [0.15, 0.2) is 42.6 Å². The molecule has 0 aliphatic heterocycles. The molecule has 0 amide bonds. The first kappa shape index (κ1) is 22.5. The van der Waals surface area contributed by atoms with E-state index in [1.165, 1.54) is 0 Å². The van der Waals surface area contributed by atoms with Gasteiger partial charge in [-0.25, -0.2) is 22.3 Å². The fraction of sp³-hybridized carbons (Fsp3) is 0.353. The summed E-state index contributed by atoms with van der Waals surface area (Å²) in [5.74, 6) is 0. The molecule has 4 atom stereocenters. The Morgan fingerprint density at radius 2 is 1.82 bits per heavy atom. The monoisotopic (exact) mass is 430 g/mol. The van der Waals surface area contributed by atoms with Crippen molar-refractivity contribution in [2.75, 3.05) is 12.9 Å². The molecule has 3 N–H and O–H groups in total. The molecule has 0 bridgehead atoms. The van der Waals surface area contributed by atoms with Gasteiger partial charge in [-0.1, -0.05) is 30.3 Å². The number of pyridine rings is 1. The Labute approximate surface area is 165 Å². The quantitative estimate of drug-likeness (QED) is 0.511. The number of aromatic nitrogens is 1. The third-order valence-electron chi connectivity index (χ3n) is 4.00. The standard InChI is InChI=1S/C17H22FN3O5S2/c1-11(20-27(23)24)15-8-7-14(10-19-15)12-3-5-13(6-4-12)17(22)16(9-18)21-28(2,25)26/h3-8,10-11,16-17,20-22H,9H2,1-2H3,(H,23,24)/p-1/t11?,16-,17+/m1/s1. The van der Waals surface area contributed by atoms with Crippen molar-refractivity contribution in [2.24, 2.45) is 0 Å². The molecule has 28 heavy (non-hydrogen) atoms. The van der Waals surface area contributed by atoms with Crippen LogP contribution in [-0.4, -0.2) is 46.2 Å². The third kappa shape index (κ3) is 6.40. The number of hydrogen-bond donors (Lipinski definition) is 3. The number of benzene rings is 1. The van der Waals surface area contributed by atoms with E-state index >= 15 is 0 Å². The zero-order valence-electron chi connectivity index (χ0n) is 15.2. The predicted octanol–water partition coefficient (Wildman–Crippen LogP) is 1.11. The van der Waals surface area contributed by atoms with Crippen molar-refractivity contribution in [3.05, 3.63) is 53.9 Å². The van der Waals surface area contributed by atoms with Gasteiger partial charge in [-0.05, 0) is 24.1 Å². The number of sulfonamides is 1. The fourth-order valence-corrected chi connectivity index (χ4v) is 3.75. The molecule has 11 heteroatoms. The van der Waals surface area contributed by atoms with E-state index in [0.29, 0.717) is 11.3 Å². The highest BCUT2D eigenvalue weighted by atomic mass is 32.2. The minimum Gasteiger partial charge on any atom is -0.760 e. The van der Waals surface area contributed by atoms with Crippen LogP contribution in [0.3, 0.4) is 0 Å². The van der Waals surface area contributed by atoms with Gasteiger partial charge in [0.2, 0.25) is 10.0 Å². The Kier molecular flexibility index (Phi) is 7.75. The molecule has 0 fully saturated rings. The van der Waals surface area contributed by atoms with Gasteiger partial charge >= 0.3 is 0 Å². The Morgan fingerprint density at radius 1 is 1.21 bits per heavy atom. The van der Waals surface area contributed by atoms with Crippen molar-refractivity contribution in [3.8, 4) is 11.1 Å². The molecular formula is C17H21FN3O5S2-. The maximum atomic E-state index is 13.1. The first-order valence-electron chi connectivity index (χ1n) is 8.23. The number of halogens is 1. The fourth-order valence-electron chi connectivity index (χ4n) is 2.60. The van der Waals surface area contributed by atoms with Crippen molar-refractivity contribution < 1.29 is 26.7 Å². The van der Waals surface area contributed by atoms with Crippen molar-refractivity contribution in [1.29, 1.82) is 0 Å². The van der Waals surface area contributed by atoms with Gasteiger partial charge in [0.15, 0.2) is 0 Å². The number of aliphatic hydroxyl groups excluding tert-OH is 1. The molecule has 2 unspecified atom stereocenters. The summed E-state index contributed by atoms with van der Waals surface area (Å²) in [7, 11) is -3.66. The lowest BCUT2D eigenvalue weighted by molar-refractivity contribution is 0.125. The van der Waals surface area contributed by atoms with Gasteiger partial charge in [-0.2, -0.15) is 0 Å². The lowest BCUT2D eigenvalue weighted by atomic mass is 9.99. The van der Waals surface area contributed by atoms with Crippen LogP contribution < -0.4 is 9.44 Å². The van der Waals surface area contributed by atoms with Gasteiger partial charge in [0.1, 0.15) is 6.67 Å². The third-order valence-corrected chi connectivity index (χ3v) is 5.28. The number of hydrogen-bond acceptors (Lipinski definition) is 6. The summed E-state index contributed by atoms with van der Waals surface area (Å²) < 4.78 is 61.4. The van der Waals surface area contributed by atoms with Crippen LogP contribution in [0.4, 0.5) is 4.39 Å². The predicted molar refractivity (Wildman–Crippen MR) is 103 cm³/mol. The Balaban J connectivity index is 2.14. The second kappa shape index (κ2) is 9.63. The second-order valence-corrected chi connectivity index (χ2v) is 8.75. The van der Waals surface area contributed by atoms with E-state index in [-0.39, 0.29) is 0 Å². The Bertz CT molecular complexity index is 907. The van der Waals surface area contributed by atoms with Crippen LogP contribution >= 0.6 is 0 Å². The summed E-state index contributed by atoms with van der Waals surface area (Å²) in [5.41, 5.74) is 2.45. The summed E-state index contributed by atoms with van der Waals surface area (Å²) in [5, 5.41) is 10.2. The minimum atomic E-state index is -3.66. The average Bonchev–Trinajstić information content (AvgIpc) is 2.64. The number of aliphatic hydroxyl groups is 1. The van der Waals surface area contributed by atoms with Crippen LogP contribution in [0.2, 0.25) is 0 Å². The van der Waals surface area contributed by atoms with E-state index in [2.05, 4.69) is 14.4 Å². The Hall–Kier alpha value is -1.76. The van der Waals surface area contributed by atoms with E-state index in [4.69, 9.17) is 0 Å². The van der Waals surface area contributed by atoms with Crippen molar-refractivity contribution in [1.82, 2.24) is 14.4 Å². The van der Waals surface area contributed by atoms with Crippen LogP contribution in [0.1, 0.15) is 30.3 Å². The molecule has 1 aromatic heterocycles. The van der Waals surface area contributed by atoms with Gasteiger partial charge in [-0.3, -0.25) is 9.19 Å². The first-order chi connectivity index (χ1) is 13.1. The minimum absolute atomic E-state index is 0.364. The van der Waals surface area contributed by atoms with Gasteiger partial charge < -0.3 is 9.66 Å². The topological polar surface area (TPSA) is 131 Å². The summed E-state index contributed by atoms with van der Waals surface area (Å²) >= 11 is -2.39. The van der Waals surface area contributed by atoms with E-state index in [0.717, 1.165) is 17.4 Å². The summed E-state index contributed by atoms with van der Waals surface area (Å²) in [6, 6.07) is 8.26. The highest BCUT2D eigenvalue weighted by Crippen LogP contribution is 2.24. The zero-order valence-corrected chi connectivity index (χ0v) is 16.8. The molecule has 0 saturated carbocycles.